The van der Waals surface area contributed by atoms with Gasteiger partial charge < -0.3 is 9.31 Å². The van der Waals surface area contributed by atoms with Gasteiger partial charge >= 0.3 is 18.5 Å². The molecule has 0 atom stereocenters. The molecule has 2 aliphatic heterocycles. The van der Waals surface area contributed by atoms with Crippen molar-refractivity contribution < 1.29 is 18.9 Å². The maximum Gasteiger partial charge on any atom is 0.582 e. The van der Waals surface area contributed by atoms with Gasteiger partial charge in [0.15, 0.2) is 0 Å². The number of carbonyl (C=O) groups excluding carboxylic acids is 2. The number of hydrogen-bond donors (Lipinski definition) is 0. The molecule has 2 fully saturated rings. The fourth-order valence-electron chi connectivity index (χ4n) is 1.69. The smallest absolute Gasteiger partial charge is 0.582 e. The van der Waals surface area contributed by atoms with Gasteiger partial charge in [0.25, 0.3) is 0 Å². The molecule has 2 aliphatic rings. The Morgan fingerprint density at radius 2 is 1.85 bits per heavy atom. The highest BCUT2D eigenvalue weighted by Gasteiger charge is 2.62. The zero-order valence-electron chi connectivity index (χ0n) is 6.66. The summed E-state index contributed by atoms with van der Waals surface area (Å²) in [4.78, 5) is 22.0. The first-order chi connectivity index (χ1) is 6.16. The summed E-state index contributed by atoms with van der Waals surface area (Å²) in [6, 6.07) is 0. The molecule has 0 amide bonds. The van der Waals surface area contributed by atoms with Gasteiger partial charge in [-0.05, 0) is 0 Å². The van der Waals surface area contributed by atoms with Crippen LogP contribution >= 0.6 is 22.6 Å². The zero-order chi connectivity index (χ0) is 9.47. The predicted molar refractivity (Wildman–Crippen MR) is 53.6 cm³/mol. The Morgan fingerprint density at radius 1 is 1.31 bits per heavy atom. The van der Waals surface area contributed by atoms with Crippen molar-refractivity contribution in [2.24, 2.45) is 0 Å². The predicted octanol–water partition coefficient (Wildman–Crippen LogP) is 0.924. The molecule has 0 spiro atoms. The number of fused-ring (bicyclic) bond motifs is 1. The van der Waals surface area contributed by atoms with Crippen LogP contribution in [-0.2, 0) is 18.9 Å². The van der Waals surface area contributed by atoms with Gasteiger partial charge in [-0.1, -0.05) is 32.6 Å². The molecule has 2 saturated heterocycles. The van der Waals surface area contributed by atoms with Crippen molar-refractivity contribution in [3.8, 4) is 0 Å². The van der Waals surface area contributed by atoms with Gasteiger partial charge in [0.1, 0.15) is 12.8 Å². The van der Waals surface area contributed by atoms with Crippen LogP contribution in [0.1, 0.15) is 12.8 Å². The molecule has 0 N–H and O–H groups in total. The number of rotatable bonds is 1. The van der Waals surface area contributed by atoms with Crippen LogP contribution < -0.4 is 0 Å². The number of hydrogen-bond acceptors (Lipinski definition) is 4. The molecule has 4 nitrogen and oxygen atoms in total. The molecule has 68 valence electrons. The molecule has 2 rings (SSSR count). The fraction of sp³-hybridized carbons (Fsp3) is 0.286. The first kappa shape index (κ1) is 8.92. The summed E-state index contributed by atoms with van der Waals surface area (Å²) in [6.45, 7) is -1.86. The van der Waals surface area contributed by atoms with E-state index in [1.54, 1.807) is 10.1 Å². The summed E-state index contributed by atoms with van der Waals surface area (Å²) in [5.74, 6) is 1.79. The Kier molecular flexibility index (Phi) is 2.01. The molecule has 0 bridgehead atoms. The summed E-state index contributed by atoms with van der Waals surface area (Å²) in [5.41, 5.74) is 0. The average Bonchev–Trinajstić information content (AvgIpc) is 2.40. The largest absolute Gasteiger partial charge is 0.610 e. The van der Waals surface area contributed by atoms with E-state index in [4.69, 9.17) is 9.31 Å². The van der Waals surface area contributed by atoms with E-state index in [0.29, 0.717) is 0 Å². The highest BCUT2D eigenvalue weighted by molar-refractivity contribution is 14.1. The second-order valence-electron chi connectivity index (χ2n) is 3.08. The quantitative estimate of drug-likeness (QED) is 0.410. The third-order valence-electron chi connectivity index (χ3n) is 2.25. The number of carbonyl (C=O) groups is 2. The molecule has 2 heterocycles. The van der Waals surface area contributed by atoms with E-state index in [-0.39, 0.29) is 24.8 Å². The lowest BCUT2D eigenvalue weighted by Crippen LogP contribution is -2.37. The van der Waals surface area contributed by atoms with Gasteiger partial charge in [-0.3, -0.25) is 9.59 Å². The molecule has 0 aromatic heterocycles. The van der Waals surface area contributed by atoms with Crippen molar-refractivity contribution in [2.45, 2.75) is 12.8 Å². The minimum absolute atomic E-state index is 0.215. The van der Waals surface area contributed by atoms with Crippen molar-refractivity contribution in [3.63, 3.8) is 0 Å². The van der Waals surface area contributed by atoms with E-state index >= 15 is 0 Å². The van der Waals surface area contributed by atoms with Gasteiger partial charge in [0.05, 0.1) is 0 Å². The number of halogens is 1. The topological polar surface area (TPSA) is 52.6 Å². The van der Waals surface area contributed by atoms with E-state index in [2.05, 4.69) is 0 Å². The summed E-state index contributed by atoms with van der Waals surface area (Å²) in [6.07, 6.45) is 0.430. The van der Waals surface area contributed by atoms with Crippen LogP contribution in [0, 0.1) is 5.82 Å². The molecule has 0 aromatic carbocycles. The maximum atomic E-state index is 11.0. The molecule has 13 heavy (non-hydrogen) atoms. The highest BCUT2D eigenvalue weighted by Crippen LogP contribution is 2.41. The summed E-state index contributed by atoms with van der Waals surface area (Å²) < 4.78 is 11.8. The molecular formula is C7H6BIO4. The highest BCUT2D eigenvalue weighted by atomic mass is 127. The van der Waals surface area contributed by atoms with Crippen molar-refractivity contribution in [1.82, 2.24) is 0 Å². The zero-order valence-corrected chi connectivity index (χ0v) is 8.81. The molecular weight excluding hydrogens is 286 g/mol. The van der Waals surface area contributed by atoms with Crippen LogP contribution in [0.25, 0.3) is 0 Å². The van der Waals surface area contributed by atoms with Crippen LogP contribution in [0.2, 0.25) is 0 Å². The molecule has 0 aromatic rings. The van der Waals surface area contributed by atoms with Gasteiger partial charge in [-0.25, -0.2) is 0 Å². The average molecular weight is 292 g/mol. The second-order valence-corrected chi connectivity index (χ2v) is 3.80. The third-order valence-corrected chi connectivity index (χ3v) is 2.67. The lowest BCUT2D eigenvalue weighted by atomic mass is 9.49. The molecule has 0 radical (unpaired) electrons. The molecule has 6 heteroatoms. The summed E-state index contributed by atoms with van der Waals surface area (Å²) in [5, 5.41) is 0. The lowest BCUT2D eigenvalue weighted by Gasteiger charge is -2.19. The van der Waals surface area contributed by atoms with E-state index in [1.807, 2.05) is 22.6 Å². The summed E-state index contributed by atoms with van der Waals surface area (Å²) in [7, 11) is 0. The van der Waals surface area contributed by atoms with E-state index in [1.165, 1.54) is 0 Å². The van der Waals surface area contributed by atoms with Crippen molar-refractivity contribution >= 4 is 41.1 Å². The fourth-order valence-corrected chi connectivity index (χ4v) is 2.24. The van der Waals surface area contributed by atoms with Crippen LogP contribution in [0.5, 0.6) is 0 Å². The van der Waals surface area contributed by atoms with E-state index in [9.17, 15) is 9.59 Å². The standard InChI is InChI=1S/C7H6BIO4/c9-2-1-8-5(3-6(10)12-8)4-7(11)13-8/h1-2H,3-4H2/b2-1+. The van der Waals surface area contributed by atoms with Crippen LogP contribution in [0.4, 0.5) is 0 Å². The van der Waals surface area contributed by atoms with Crippen LogP contribution in [-0.4, -0.2) is 18.5 Å². The van der Waals surface area contributed by atoms with Gasteiger partial charge in [0.2, 0.25) is 0 Å². The normalized spacial score (nSPS) is 24.8. The first-order valence-corrected chi connectivity index (χ1v) is 5.12. The van der Waals surface area contributed by atoms with Gasteiger partial charge in [0, 0.05) is 5.82 Å². The van der Waals surface area contributed by atoms with Crippen LogP contribution in [0.15, 0.2) is 10.1 Å². The summed E-state index contributed by atoms with van der Waals surface area (Å²) >= 11 is 2.00. The molecule has 0 aliphatic carbocycles. The lowest BCUT2D eigenvalue weighted by molar-refractivity contribution is -0.138. The van der Waals surface area contributed by atoms with Crippen molar-refractivity contribution in [1.29, 1.82) is 0 Å². The Hall–Kier alpha value is -0.655. The van der Waals surface area contributed by atoms with E-state index in [0.717, 1.165) is 5.82 Å². The second kappa shape index (κ2) is 2.93. The molecule has 0 saturated carbocycles. The Labute approximate surface area is 88.8 Å². The Morgan fingerprint density at radius 3 is 2.31 bits per heavy atom. The monoisotopic (exact) mass is 292 g/mol. The maximum absolute atomic E-state index is 11.0. The van der Waals surface area contributed by atoms with Gasteiger partial charge in [-0.2, -0.15) is 0 Å². The minimum Gasteiger partial charge on any atom is -0.610 e. The van der Waals surface area contributed by atoms with E-state index < -0.39 is 6.55 Å². The Bertz CT molecular complexity index is 281. The Balaban J connectivity index is 2.31. The first-order valence-electron chi connectivity index (χ1n) is 3.88. The SMILES string of the molecule is O=C1C[C+]2CC(=O)O[B-]2(/C=C/I)O1. The van der Waals surface area contributed by atoms with Gasteiger partial charge in [-0.15, -0.1) is 0 Å². The van der Waals surface area contributed by atoms with Crippen molar-refractivity contribution in [3.05, 3.63) is 15.9 Å². The third kappa shape index (κ3) is 1.32. The van der Waals surface area contributed by atoms with Crippen LogP contribution in [0.3, 0.4) is 0 Å². The molecule has 0 unspecified atom stereocenters. The van der Waals surface area contributed by atoms with Crippen molar-refractivity contribution in [2.75, 3.05) is 0 Å². The minimum atomic E-state index is -1.86.